The van der Waals surface area contributed by atoms with Gasteiger partial charge in [-0.3, -0.25) is 0 Å². The molecule has 1 aromatic rings. The van der Waals surface area contributed by atoms with E-state index in [2.05, 4.69) is 9.97 Å². The van der Waals surface area contributed by atoms with Gasteiger partial charge in [-0.05, 0) is 6.92 Å². The first-order chi connectivity index (χ1) is 6.16. The van der Waals surface area contributed by atoms with Gasteiger partial charge in [0, 0.05) is 26.0 Å². The first-order valence-corrected chi connectivity index (χ1v) is 3.92. The highest BCUT2D eigenvalue weighted by Crippen LogP contribution is 2.11. The second-order valence-electron chi connectivity index (χ2n) is 2.55. The van der Waals surface area contributed by atoms with E-state index in [9.17, 15) is 4.79 Å². The largest absolute Gasteiger partial charge is 0.476 e. The van der Waals surface area contributed by atoms with Gasteiger partial charge in [-0.1, -0.05) is 0 Å². The third-order valence-electron chi connectivity index (χ3n) is 1.72. The van der Waals surface area contributed by atoms with Crippen LogP contribution >= 0.6 is 0 Å². The molecule has 1 aromatic heterocycles. The summed E-state index contributed by atoms with van der Waals surface area (Å²) in [5, 5.41) is 8.78. The fraction of sp³-hybridized carbons (Fsp3) is 0.375. The summed E-state index contributed by atoms with van der Waals surface area (Å²) >= 11 is 0. The highest BCUT2D eigenvalue weighted by molar-refractivity contribution is 5.90. The quantitative estimate of drug-likeness (QED) is 0.740. The maximum Gasteiger partial charge on any atom is 0.358 e. The minimum absolute atomic E-state index is 0.00755. The van der Waals surface area contributed by atoms with Crippen molar-refractivity contribution in [3.05, 3.63) is 18.1 Å². The van der Waals surface area contributed by atoms with Crippen LogP contribution < -0.4 is 4.90 Å². The first kappa shape index (κ1) is 9.44. The number of aromatic nitrogens is 2. The fourth-order valence-electron chi connectivity index (χ4n) is 0.911. The Hall–Kier alpha value is -1.65. The number of rotatable bonds is 3. The Morgan fingerprint density at radius 1 is 1.54 bits per heavy atom. The van der Waals surface area contributed by atoms with E-state index in [1.165, 1.54) is 12.4 Å². The van der Waals surface area contributed by atoms with Crippen LogP contribution in [-0.2, 0) is 0 Å². The monoisotopic (exact) mass is 181 g/mol. The van der Waals surface area contributed by atoms with E-state index < -0.39 is 5.97 Å². The van der Waals surface area contributed by atoms with Crippen LogP contribution in [0.3, 0.4) is 0 Å². The molecule has 0 saturated heterocycles. The molecule has 0 aliphatic carbocycles. The molecule has 5 heteroatoms. The molecule has 0 fully saturated rings. The lowest BCUT2D eigenvalue weighted by Crippen LogP contribution is -2.21. The first-order valence-electron chi connectivity index (χ1n) is 3.92. The van der Waals surface area contributed by atoms with Crippen molar-refractivity contribution in [3.63, 3.8) is 0 Å². The molecule has 0 atom stereocenters. The standard InChI is InChI=1S/C8H11N3O2/c1-3-11(2)7-6(8(12)13)9-4-5-10-7/h4-5H,3H2,1-2H3,(H,12,13). The van der Waals surface area contributed by atoms with Gasteiger partial charge in [0.1, 0.15) is 0 Å². The predicted molar refractivity (Wildman–Crippen MR) is 47.9 cm³/mol. The number of carbonyl (C=O) groups is 1. The molecule has 13 heavy (non-hydrogen) atoms. The van der Waals surface area contributed by atoms with Crippen molar-refractivity contribution in [2.75, 3.05) is 18.5 Å². The third-order valence-corrected chi connectivity index (χ3v) is 1.72. The van der Waals surface area contributed by atoms with Crippen molar-refractivity contribution >= 4 is 11.8 Å². The van der Waals surface area contributed by atoms with Crippen LogP contribution in [0.2, 0.25) is 0 Å². The zero-order valence-corrected chi connectivity index (χ0v) is 7.56. The van der Waals surface area contributed by atoms with Crippen LogP contribution in [0.5, 0.6) is 0 Å². The molecule has 0 spiro atoms. The van der Waals surface area contributed by atoms with Crippen LogP contribution in [-0.4, -0.2) is 34.6 Å². The molecular formula is C8H11N3O2. The molecule has 0 aromatic carbocycles. The lowest BCUT2D eigenvalue weighted by Gasteiger charge is -2.16. The molecule has 1 N–H and O–H groups in total. The minimum atomic E-state index is -1.05. The van der Waals surface area contributed by atoms with Crippen LogP contribution in [0, 0.1) is 0 Å². The summed E-state index contributed by atoms with van der Waals surface area (Å²) in [6, 6.07) is 0. The maximum atomic E-state index is 10.7. The molecule has 5 nitrogen and oxygen atoms in total. The van der Waals surface area contributed by atoms with Crippen LogP contribution in [0.25, 0.3) is 0 Å². The van der Waals surface area contributed by atoms with Gasteiger partial charge in [-0.25, -0.2) is 14.8 Å². The van der Waals surface area contributed by atoms with E-state index in [4.69, 9.17) is 5.11 Å². The molecule has 0 bridgehead atoms. The second kappa shape index (κ2) is 3.84. The van der Waals surface area contributed by atoms with Gasteiger partial charge in [0.15, 0.2) is 11.5 Å². The normalized spacial score (nSPS) is 9.69. The van der Waals surface area contributed by atoms with Gasteiger partial charge in [0.05, 0.1) is 0 Å². The molecule has 0 aliphatic rings. The molecule has 0 aliphatic heterocycles. The van der Waals surface area contributed by atoms with Gasteiger partial charge in [0.25, 0.3) is 0 Å². The van der Waals surface area contributed by atoms with Crippen molar-refractivity contribution in [1.82, 2.24) is 9.97 Å². The Labute approximate surface area is 76.0 Å². The van der Waals surface area contributed by atoms with Crippen molar-refractivity contribution in [2.24, 2.45) is 0 Å². The number of carboxylic acids is 1. The summed E-state index contributed by atoms with van der Waals surface area (Å²) < 4.78 is 0. The van der Waals surface area contributed by atoms with E-state index in [0.29, 0.717) is 12.4 Å². The number of hydrogen-bond donors (Lipinski definition) is 1. The number of carboxylic acid groups (broad SMARTS) is 1. The number of nitrogens with zero attached hydrogens (tertiary/aromatic N) is 3. The zero-order valence-electron chi connectivity index (χ0n) is 7.56. The molecule has 0 saturated carbocycles. The molecule has 0 radical (unpaired) electrons. The van der Waals surface area contributed by atoms with E-state index >= 15 is 0 Å². The molecular weight excluding hydrogens is 170 g/mol. The lowest BCUT2D eigenvalue weighted by molar-refractivity contribution is 0.0691. The Bertz CT molecular complexity index is 314. The van der Waals surface area contributed by atoms with Gasteiger partial charge >= 0.3 is 5.97 Å². The summed E-state index contributed by atoms with van der Waals surface area (Å²) in [4.78, 5) is 20.1. The van der Waals surface area contributed by atoms with Gasteiger partial charge in [-0.15, -0.1) is 0 Å². The smallest absolute Gasteiger partial charge is 0.358 e. The zero-order chi connectivity index (χ0) is 9.84. The Morgan fingerprint density at radius 2 is 2.15 bits per heavy atom. The minimum Gasteiger partial charge on any atom is -0.476 e. The van der Waals surface area contributed by atoms with Gasteiger partial charge in [-0.2, -0.15) is 0 Å². The summed E-state index contributed by atoms with van der Waals surface area (Å²) in [5.41, 5.74) is -0.00755. The average molecular weight is 181 g/mol. The van der Waals surface area contributed by atoms with Crippen molar-refractivity contribution < 1.29 is 9.90 Å². The molecule has 1 rings (SSSR count). The number of aromatic carboxylic acids is 1. The van der Waals surface area contributed by atoms with Crippen molar-refractivity contribution in [2.45, 2.75) is 6.92 Å². The summed E-state index contributed by atoms with van der Waals surface area (Å²) in [5.74, 6) is -0.652. The Morgan fingerprint density at radius 3 is 2.69 bits per heavy atom. The van der Waals surface area contributed by atoms with Crippen LogP contribution in [0.15, 0.2) is 12.4 Å². The number of hydrogen-bond acceptors (Lipinski definition) is 4. The Kier molecular flexibility index (Phi) is 2.79. The highest BCUT2D eigenvalue weighted by Gasteiger charge is 2.14. The third kappa shape index (κ3) is 1.93. The molecule has 1 heterocycles. The molecule has 0 unspecified atom stereocenters. The predicted octanol–water partition coefficient (Wildman–Crippen LogP) is 0.631. The van der Waals surface area contributed by atoms with Gasteiger partial charge in [0.2, 0.25) is 0 Å². The Balaban J connectivity index is 3.11. The summed E-state index contributed by atoms with van der Waals surface area (Å²) in [6.07, 6.45) is 2.85. The second-order valence-corrected chi connectivity index (χ2v) is 2.55. The fourth-order valence-corrected chi connectivity index (χ4v) is 0.911. The van der Waals surface area contributed by atoms with Crippen molar-refractivity contribution in [3.8, 4) is 0 Å². The molecule has 70 valence electrons. The van der Waals surface area contributed by atoms with E-state index in [-0.39, 0.29) is 5.69 Å². The summed E-state index contributed by atoms with van der Waals surface area (Å²) in [7, 11) is 1.77. The lowest BCUT2D eigenvalue weighted by atomic mass is 10.4. The molecule has 0 amide bonds. The SMILES string of the molecule is CCN(C)c1nccnc1C(=O)O. The number of anilines is 1. The topological polar surface area (TPSA) is 66.3 Å². The average Bonchev–Trinajstić information content (AvgIpc) is 2.16. The van der Waals surface area contributed by atoms with Crippen molar-refractivity contribution in [1.29, 1.82) is 0 Å². The van der Waals surface area contributed by atoms with E-state index in [1.54, 1.807) is 11.9 Å². The summed E-state index contributed by atoms with van der Waals surface area (Å²) in [6.45, 7) is 2.61. The van der Waals surface area contributed by atoms with Gasteiger partial charge < -0.3 is 10.0 Å². The van der Waals surface area contributed by atoms with E-state index in [0.717, 1.165) is 0 Å². The highest BCUT2D eigenvalue weighted by atomic mass is 16.4. The maximum absolute atomic E-state index is 10.7. The van der Waals surface area contributed by atoms with E-state index in [1.807, 2.05) is 6.92 Å². The van der Waals surface area contributed by atoms with Crippen LogP contribution in [0.1, 0.15) is 17.4 Å². The van der Waals surface area contributed by atoms with Crippen LogP contribution in [0.4, 0.5) is 5.82 Å².